The molecule has 29 heavy (non-hydrogen) atoms. The Kier molecular flexibility index (Phi) is 7.28. The maximum atomic E-state index is 12.7. The first-order chi connectivity index (χ1) is 13.5. The number of carbonyl (C=O) groups is 2. The van der Waals surface area contributed by atoms with Crippen LogP contribution in [0.2, 0.25) is 15.1 Å². The fourth-order valence-electron chi connectivity index (χ4n) is 1.84. The number of hydrogen-bond acceptors (Lipinski definition) is 6. The summed E-state index contributed by atoms with van der Waals surface area (Å²) < 4.78 is 42.6. The van der Waals surface area contributed by atoms with Gasteiger partial charge in [0, 0.05) is 11.9 Å². The van der Waals surface area contributed by atoms with E-state index in [1.165, 1.54) is 18.2 Å². The van der Waals surface area contributed by atoms with E-state index in [9.17, 15) is 22.8 Å². The van der Waals surface area contributed by atoms with Gasteiger partial charge in [-0.25, -0.2) is 9.59 Å². The van der Waals surface area contributed by atoms with Crippen LogP contribution in [0.5, 0.6) is 0 Å². The standard InChI is InChI=1S/C16H9Cl3F3N3O4/c1-28-14(26)13(12-11(19)4-7(6-23-12)16(20,21)22)25-29-15(27)24-8-2-3-9(17)10(18)5-8/h2-6H,1H3,(H,24,27). The van der Waals surface area contributed by atoms with Crippen LogP contribution >= 0.6 is 34.8 Å². The predicted octanol–water partition coefficient (Wildman–Crippen LogP) is 5.19. The number of ether oxygens (including phenoxy) is 1. The third kappa shape index (κ3) is 5.96. The molecule has 154 valence electrons. The van der Waals surface area contributed by atoms with E-state index in [-0.39, 0.29) is 15.7 Å². The summed E-state index contributed by atoms with van der Waals surface area (Å²) in [5.74, 6) is -1.15. The van der Waals surface area contributed by atoms with Gasteiger partial charge in [-0.15, -0.1) is 0 Å². The summed E-state index contributed by atoms with van der Waals surface area (Å²) in [6.45, 7) is 0. The molecule has 0 radical (unpaired) electrons. The van der Waals surface area contributed by atoms with Crippen molar-refractivity contribution in [3.05, 3.63) is 56.8 Å². The minimum atomic E-state index is -4.70. The highest BCUT2D eigenvalue weighted by Gasteiger charge is 2.32. The second kappa shape index (κ2) is 9.29. The molecule has 2 aromatic rings. The van der Waals surface area contributed by atoms with E-state index in [1.807, 2.05) is 0 Å². The third-order valence-corrected chi connectivity index (χ3v) is 4.18. The number of nitrogens with zero attached hydrogens (tertiary/aromatic N) is 2. The van der Waals surface area contributed by atoms with Gasteiger partial charge in [0.05, 0.1) is 27.7 Å². The van der Waals surface area contributed by atoms with Gasteiger partial charge in [0.2, 0.25) is 5.71 Å². The molecule has 0 aliphatic heterocycles. The van der Waals surface area contributed by atoms with E-state index in [1.54, 1.807) is 0 Å². The molecule has 1 heterocycles. The van der Waals surface area contributed by atoms with Crippen molar-refractivity contribution in [2.24, 2.45) is 5.16 Å². The molecule has 0 bridgehead atoms. The molecule has 0 saturated carbocycles. The number of anilines is 1. The number of hydrogen-bond donors (Lipinski definition) is 1. The Hall–Kier alpha value is -2.56. The van der Waals surface area contributed by atoms with Crippen molar-refractivity contribution in [2.75, 3.05) is 12.4 Å². The summed E-state index contributed by atoms with van der Waals surface area (Å²) >= 11 is 17.3. The average molecular weight is 471 g/mol. The van der Waals surface area contributed by atoms with Crippen molar-refractivity contribution in [3.63, 3.8) is 0 Å². The molecule has 1 amide bonds. The molecule has 2 rings (SSSR count). The van der Waals surface area contributed by atoms with E-state index in [0.717, 1.165) is 7.11 Å². The molecule has 1 N–H and O–H groups in total. The van der Waals surface area contributed by atoms with Gasteiger partial charge in [0.25, 0.3) is 0 Å². The summed E-state index contributed by atoms with van der Waals surface area (Å²) in [6, 6.07) is 4.69. The Balaban J connectivity index is 2.26. The first kappa shape index (κ1) is 22.7. The Morgan fingerprint density at radius 1 is 1.10 bits per heavy atom. The minimum absolute atomic E-state index is 0.156. The molecule has 7 nitrogen and oxygen atoms in total. The van der Waals surface area contributed by atoms with Crippen LogP contribution in [0.1, 0.15) is 11.3 Å². The van der Waals surface area contributed by atoms with Crippen molar-refractivity contribution in [3.8, 4) is 0 Å². The third-order valence-electron chi connectivity index (χ3n) is 3.16. The molecule has 1 aromatic carbocycles. The van der Waals surface area contributed by atoms with Crippen molar-refractivity contribution in [1.29, 1.82) is 0 Å². The zero-order chi connectivity index (χ0) is 21.8. The minimum Gasteiger partial charge on any atom is -0.464 e. The van der Waals surface area contributed by atoms with Crippen LogP contribution in [0.15, 0.2) is 35.6 Å². The Bertz CT molecular complexity index is 984. The molecule has 0 unspecified atom stereocenters. The fourth-order valence-corrected chi connectivity index (χ4v) is 2.40. The van der Waals surface area contributed by atoms with Gasteiger partial charge in [0.1, 0.15) is 5.69 Å². The lowest BCUT2D eigenvalue weighted by Crippen LogP contribution is -2.22. The number of methoxy groups -OCH3 is 1. The second-order valence-electron chi connectivity index (χ2n) is 5.12. The summed E-state index contributed by atoms with van der Waals surface area (Å²) in [7, 11) is 0.978. The molecule has 0 fully saturated rings. The topological polar surface area (TPSA) is 89.9 Å². The van der Waals surface area contributed by atoms with Crippen LogP contribution in [0.25, 0.3) is 0 Å². The first-order valence-corrected chi connectivity index (χ1v) is 8.48. The van der Waals surface area contributed by atoms with Gasteiger partial charge in [-0.1, -0.05) is 40.0 Å². The Labute approximate surface area is 176 Å². The zero-order valence-corrected chi connectivity index (χ0v) is 16.4. The van der Waals surface area contributed by atoms with Gasteiger partial charge >= 0.3 is 18.2 Å². The highest BCUT2D eigenvalue weighted by Crippen LogP contribution is 2.31. The van der Waals surface area contributed by atoms with Crippen LogP contribution in [0.3, 0.4) is 0 Å². The van der Waals surface area contributed by atoms with Crippen LogP contribution in [-0.4, -0.2) is 29.9 Å². The number of aromatic nitrogens is 1. The van der Waals surface area contributed by atoms with Crippen LogP contribution in [-0.2, 0) is 20.5 Å². The van der Waals surface area contributed by atoms with Crippen molar-refractivity contribution < 1.29 is 32.3 Å². The Morgan fingerprint density at radius 2 is 1.79 bits per heavy atom. The summed E-state index contributed by atoms with van der Waals surface area (Å²) in [5.41, 5.74) is -2.15. The molecule has 0 saturated heterocycles. The summed E-state index contributed by atoms with van der Waals surface area (Å²) in [4.78, 5) is 31.8. The Morgan fingerprint density at radius 3 is 2.34 bits per heavy atom. The number of benzene rings is 1. The second-order valence-corrected chi connectivity index (χ2v) is 6.34. The molecule has 13 heteroatoms. The van der Waals surface area contributed by atoms with E-state index >= 15 is 0 Å². The van der Waals surface area contributed by atoms with Gasteiger partial charge in [-0.3, -0.25) is 15.1 Å². The molecular formula is C16H9Cl3F3N3O4. The zero-order valence-electron chi connectivity index (χ0n) is 14.2. The molecule has 0 atom stereocenters. The number of halogens is 6. The number of alkyl halides is 3. The maximum absolute atomic E-state index is 12.7. The van der Waals surface area contributed by atoms with Crippen LogP contribution < -0.4 is 5.32 Å². The number of oxime groups is 1. The quantitative estimate of drug-likeness (QED) is 0.288. The molecular weight excluding hydrogens is 462 g/mol. The number of amides is 1. The van der Waals surface area contributed by atoms with Crippen LogP contribution in [0.4, 0.5) is 23.7 Å². The number of pyridine rings is 1. The van der Waals surface area contributed by atoms with E-state index in [2.05, 4.69) is 25.0 Å². The van der Waals surface area contributed by atoms with Crippen molar-refractivity contribution in [1.82, 2.24) is 4.98 Å². The normalized spacial score (nSPS) is 11.8. The van der Waals surface area contributed by atoms with Gasteiger partial charge in [-0.2, -0.15) is 13.2 Å². The molecule has 1 aromatic heterocycles. The number of carbonyl (C=O) groups excluding carboxylic acids is 2. The largest absolute Gasteiger partial charge is 0.464 e. The van der Waals surface area contributed by atoms with Crippen molar-refractivity contribution >= 4 is 58.3 Å². The lowest BCUT2D eigenvalue weighted by Gasteiger charge is -2.10. The lowest BCUT2D eigenvalue weighted by atomic mass is 10.2. The van der Waals surface area contributed by atoms with Crippen LogP contribution in [0, 0.1) is 0 Å². The van der Waals surface area contributed by atoms with Gasteiger partial charge in [0.15, 0.2) is 0 Å². The number of nitrogens with one attached hydrogen (secondary N) is 1. The van der Waals surface area contributed by atoms with Crippen molar-refractivity contribution in [2.45, 2.75) is 6.18 Å². The first-order valence-electron chi connectivity index (χ1n) is 7.35. The fraction of sp³-hybridized carbons (Fsp3) is 0.125. The molecule has 0 aliphatic rings. The van der Waals surface area contributed by atoms with E-state index < -0.39 is 40.2 Å². The van der Waals surface area contributed by atoms with Gasteiger partial charge < -0.3 is 4.74 Å². The van der Waals surface area contributed by atoms with Gasteiger partial charge in [-0.05, 0) is 24.3 Å². The summed E-state index contributed by atoms with van der Waals surface area (Å²) in [6.07, 6.45) is -5.41. The predicted molar refractivity (Wildman–Crippen MR) is 99.4 cm³/mol. The molecule has 0 spiro atoms. The monoisotopic (exact) mass is 469 g/mol. The highest BCUT2D eigenvalue weighted by atomic mass is 35.5. The maximum Gasteiger partial charge on any atom is 0.437 e. The highest BCUT2D eigenvalue weighted by molar-refractivity contribution is 6.46. The molecule has 0 aliphatic carbocycles. The number of esters is 1. The average Bonchev–Trinajstić information content (AvgIpc) is 2.64. The number of rotatable bonds is 4. The summed E-state index contributed by atoms with van der Waals surface area (Å²) in [5, 5.41) is 5.40. The lowest BCUT2D eigenvalue weighted by molar-refractivity contribution is -0.137. The SMILES string of the molecule is COC(=O)C(=NOC(=O)Nc1ccc(Cl)c(Cl)c1)c1ncc(C(F)(F)F)cc1Cl. The van der Waals surface area contributed by atoms with E-state index in [4.69, 9.17) is 34.8 Å². The van der Waals surface area contributed by atoms with E-state index in [0.29, 0.717) is 12.3 Å². The smallest absolute Gasteiger partial charge is 0.437 e.